The number of aromatic amines is 2. The van der Waals surface area contributed by atoms with Gasteiger partial charge in [-0.3, -0.25) is 14.4 Å². The topological polar surface area (TPSA) is 128 Å². The average molecular weight is 475 g/mol. The Morgan fingerprint density at radius 1 is 1.03 bits per heavy atom. The summed E-state index contributed by atoms with van der Waals surface area (Å²) in [6.45, 7) is 3.08. The standard InChI is InChI=1S/C24H23N7O4/c1-15-27-14-31(28-15)22-20-19(18(35-2)13-26-22)17(12-25-20)21(32)24(34)30-10-8-29(9-11-30)23(33)16-6-4-3-5-7-16/h3-7,12-14H,8-11H2,1-2H3,(H,25,26,32)/p+1. The van der Waals surface area contributed by atoms with E-state index in [1.54, 1.807) is 28.0 Å². The Balaban J connectivity index is 1.37. The Labute approximate surface area is 200 Å². The molecule has 4 heterocycles. The summed E-state index contributed by atoms with van der Waals surface area (Å²) in [6, 6.07) is 9.01. The Kier molecular flexibility index (Phi) is 5.73. The molecule has 0 unspecified atom stereocenters. The molecule has 0 atom stereocenters. The number of benzene rings is 1. The highest BCUT2D eigenvalue weighted by atomic mass is 16.5. The van der Waals surface area contributed by atoms with Crippen LogP contribution < -0.4 is 9.42 Å². The van der Waals surface area contributed by atoms with Gasteiger partial charge in [0.2, 0.25) is 12.2 Å². The normalized spacial score (nSPS) is 13.8. The number of ether oxygens (including phenoxy) is 1. The molecule has 1 saturated heterocycles. The van der Waals surface area contributed by atoms with E-state index in [4.69, 9.17) is 4.74 Å². The molecule has 5 rings (SSSR count). The van der Waals surface area contributed by atoms with Crippen LogP contribution in [0.2, 0.25) is 0 Å². The molecule has 1 aliphatic heterocycles. The third kappa shape index (κ3) is 4.01. The van der Waals surface area contributed by atoms with Gasteiger partial charge in [-0.05, 0) is 12.1 Å². The minimum atomic E-state index is -0.652. The minimum absolute atomic E-state index is 0.0861. The van der Waals surface area contributed by atoms with E-state index in [-0.39, 0.29) is 24.6 Å². The zero-order valence-electron chi connectivity index (χ0n) is 19.3. The first kappa shape index (κ1) is 22.3. The molecule has 1 aromatic carbocycles. The zero-order valence-corrected chi connectivity index (χ0v) is 19.3. The number of aromatic nitrogens is 5. The molecule has 2 N–H and O–H groups in total. The van der Waals surface area contributed by atoms with E-state index in [0.717, 1.165) is 0 Å². The van der Waals surface area contributed by atoms with E-state index in [2.05, 4.69) is 20.1 Å². The van der Waals surface area contributed by atoms with Crippen LogP contribution in [0, 0.1) is 6.92 Å². The van der Waals surface area contributed by atoms with Crippen molar-refractivity contribution in [2.75, 3.05) is 33.3 Å². The van der Waals surface area contributed by atoms with Gasteiger partial charge in [-0.1, -0.05) is 23.2 Å². The maximum absolute atomic E-state index is 13.3. The molecule has 0 bridgehead atoms. The summed E-state index contributed by atoms with van der Waals surface area (Å²) in [7, 11) is 1.48. The molecule has 0 aliphatic carbocycles. The number of amides is 2. The first-order chi connectivity index (χ1) is 17.0. The molecule has 0 spiro atoms. The van der Waals surface area contributed by atoms with Gasteiger partial charge in [0.1, 0.15) is 11.7 Å². The number of carbonyl (C=O) groups excluding carboxylic acids is 3. The lowest BCUT2D eigenvalue weighted by Gasteiger charge is -2.34. The molecule has 4 aromatic rings. The van der Waals surface area contributed by atoms with Crippen molar-refractivity contribution >= 4 is 28.5 Å². The van der Waals surface area contributed by atoms with Crippen LogP contribution in [-0.4, -0.2) is 80.7 Å². The lowest BCUT2D eigenvalue weighted by Crippen LogP contribution is -2.52. The molecular formula is C24H24N7O4+. The van der Waals surface area contributed by atoms with Gasteiger partial charge in [-0.2, -0.15) is 0 Å². The maximum Gasteiger partial charge on any atom is 0.309 e. The fraction of sp³-hybridized carbons (Fsp3) is 0.250. The summed E-state index contributed by atoms with van der Waals surface area (Å²) >= 11 is 0. The number of methoxy groups -OCH3 is 1. The van der Waals surface area contributed by atoms with Gasteiger partial charge in [-0.15, -0.1) is 9.67 Å². The predicted octanol–water partition coefficient (Wildman–Crippen LogP) is 1.05. The molecule has 0 saturated carbocycles. The molecule has 0 radical (unpaired) electrons. The molecule has 3 aromatic heterocycles. The quantitative estimate of drug-likeness (QED) is 0.253. The monoisotopic (exact) mass is 474 g/mol. The van der Waals surface area contributed by atoms with Gasteiger partial charge in [0.25, 0.3) is 17.6 Å². The number of pyridine rings is 1. The van der Waals surface area contributed by atoms with Gasteiger partial charge in [0, 0.05) is 44.9 Å². The highest BCUT2D eigenvalue weighted by Crippen LogP contribution is 2.30. The molecule has 11 heteroatoms. The fourth-order valence-corrected chi connectivity index (χ4v) is 4.24. The van der Waals surface area contributed by atoms with Crippen molar-refractivity contribution in [3.8, 4) is 11.6 Å². The van der Waals surface area contributed by atoms with Gasteiger partial charge < -0.3 is 19.5 Å². The number of hydrogen-bond acceptors (Lipinski definition) is 6. The summed E-state index contributed by atoms with van der Waals surface area (Å²) < 4.78 is 7.06. The van der Waals surface area contributed by atoms with Gasteiger partial charge in [0.05, 0.1) is 18.1 Å². The van der Waals surface area contributed by atoms with Crippen molar-refractivity contribution in [1.82, 2.24) is 29.9 Å². The Morgan fingerprint density at radius 2 is 1.74 bits per heavy atom. The van der Waals surface area contributed by atoms with Crippen LogP contribution in [0.1, 0.15) is 26.5 Å². The highest BCUT2D eigenvalue weighted by molar-refractivity contribution is 6.45. The number of carbonyl (C=O) groups is 3. The van der Waals surface area contributed by atoms with Crippen molar-refractivity contribution < 1.29 is 23.8 Å². The predicted molar refractivity (Wildman–Crippen MR) is 124 cm³/mol. The molecule has 178 valence electrons. The number of aryl methyl sites for hydroxylation is 1. The number of Topliss-reactive ketones (excluding diaryl/α,β-unsaturated/α-hetero) is 1. The van der Waals surface area contributed by atoms with Crippen LogP contribution in [0.3, 0.4) is 0 Å². The Morgan fingerprint density at radius 3 is 2.40 bits per heavy atom. The van der Waals surface area contributed by atoms with Crippen molar-refractivity contribution in [2.24, 2.45) is 0 Å². The first-order valence-corrected chi connectivity index (χ1v) is 11.1. The molecule has 2 amide bonds. The number of rotatable bonds is 5. The maximum atomic E-state index is 13.3. The smallest absolute Gasteiger partial charge is 0.309 e. The zero-order chi connectivity index (χ0) is 24.5. The van der Waals surface area contributed by atoms with Crippen molar-refractivity contribution in [3.05, 3.63) is 66.0 Å². The second kappa shape index (κ2) is 9.01. The molecule has 1 fully saturated rings. The molecule has 11 nitrogen and oxygen atoms in total. The van der Waals surface area contributed by atoms with Crippen LogP contribution in [0.5, 0.6) is 5.75 Å². The van der Waals surface area contributed by atoms with Crippen LogP contribution >= 0.6 is 0 Å². The van der Waals surface area contributed by atoms with Gasteiger partial charge >= 0.3 is 5.82 Å². The number of hydrogen-bond donors (Lipinski definition) is 2. The summed E-state index contributed by atoms with van der Waals surface area (Å²) in [5.74, 6) is 0.191. The largest absolute Gasteiger partial charge is 0.493 e. The Hall–Kier alpha value is -4.54. The van der Waals surface area contributed by atoms with E-state index in [9.17, 15) is 14.4 Å². The average Bonchev–Trinajstić information content (AvgIpc) is 3.54. The van der Waals surface area contributed by atoms with Crippen LogP contribution in [0.15, 0.2) is 49.1 Å². The lowest BCUT2D eigenvalue weighted by atomic mass is 10.1. The lowest BCUT2D eigenvalue weighted by molar-refractivity contribution is -0.659. The van der Waals surface area contributed by atoms with Gasteiger partial charge in [-0.25, -0.2) is 5.10 Å². The van der Waals surface area contributed by atoms with Gasteiger partial charge in [0.15, 0.2) is 5.75 Å². The first-order valence-electron chi connectivity index (χ1n) is 11.1. The van der Waals surface area contributed by atoms with E-state index < -0.39 is 11.7 Å². The molecule has 1 aliphatic rings. The van der Waals surface area contributed by atoms with E-state index in [1.165, 1.54) is 24.4 Å². The summed E-state index contributed by atoms with van der Waals surface area (Å²) in [5.41, 5.74) is 1.33. The number of piperazine rings is 1. The molecule has 35 heavy (non-hydrogen) atoms. The fourth-order valence-electron chi connectivity index (χ4n) is 4.24. The van der Waals surface area contributed by atoms with Crippen LogP contribution in [0.25, 0.3) is 16.7 Å². The number of ketones is 1. The Bertz CT molecular complexity index is 1420. The number of H-pyrrole nitrogens is 2. The highest BCUT2D eigenvalue weighted by Gasteiger charge is 2.32. The van der Waals surface area contributed by atoms with E-state index in [1.807, 2.05) is 25.1 Å². The van der Waals surface area contributed by atoms with E-state index in [0.29, 0.717) is 46.9 Å². The van der Waals surface area contributed by atoms with Crippen LogP contribution in [-0.2, 0) is 4.79 Å². The molecular weight excluding hydrogens is 450 g/mol. The SMILES string of the molecule is COc1cnc(-[n+]2cnc(C)[nH]2)c2[nH]cc(C(=O)C(=O)N3CCN(C(=O)c4ccccc4)CC3)c12. The third-order valence-electron chi connectivity index (χ3n) is 6.07. The second-order valence-corrected chi connectivity index (χ2v) is 8.19. The van der Waals surface area contributed by atoms with Crippen molar-refractivity contribution in [2.45, 2.75) is 6.92 Å². The van der Waals surface area contributed by atoms with Crippen molar-refractivity contribution in [1.29, 1.82) is 0 Å². The number of fused-ring (bicyclic) bond motifs is 1. The number of nitrogens with one attached hydrogen (secondary N) is 2. The number of nitrogens with zero attached hydrogens (tertiary/aromatic N) is 5. The second-order valence-electron chi connectivity index (χ2n) is 8.19. The summed E-state index contributed by atoms with van der Waals surface area (Å²) in [5, 5.41) is 3.52. The minimum Gasteiger partial charge on any atom is -0.493 e. The summed E-state index contributed by atoms with van der Waals surface area (Å²) in [6.07, 6.45) is 4.58. The van der Waals surface area contributed by atoms with E-state index >= 15 is 0 Å². The van der Waals surface area contributed by atoms with Crippen LogP contribution in [0.4, 0.5) is 0 Å². The van der Waals surface area contributed by atoms with Crippen molar-refractivity contribution in [3.63, 3.8) is 0 Å². The summed E-state index contributed by atoms with van der Waals surface area (Å²) in [4.78, 5) is 53.9. The third-order valence-corrected chi connectivity index (χ3v) is 6.07.